The Labute approximate surface area is 166 Å². The number of halogens is 1. The van der Waals surface area contributed by atoms with Crippen molar-refractivity contribution in [3.05, 3.63) is 47.0 Å². The Morgan fingerprint density at radius 2 is 1.85 bits per heavy atom. The molecule has 0 aliphatic carbocycles. The van der Waals surface area contributed by atoms with Gasteiger partial charge in [-0.3, -0.25) is 4.68 Å². The van der Waals surface area contributed by atoms with Crippen molar-refractivity contribution >= 4 is 23.0 Å². The van der Waals surface area contributed by atoms with Crippen LogP contribution in [0.4, 0.5) is 10.1 Å². The van der Waals surface area contributed by atoms with Gasteiger partial charge in [-0.25, -0.2) is 4.39 Å². The molecule has 7 heteroatoms. The Balaban J connectivity index is 1.89. The second-order valence-corrected chi connectivity index (χ2v) is 7.00. The van der Waals surface area contributed by atoms with Gasteiger partial charge in [0.05, 0.1) is 23.6 Å². The summed E-state index contributed by atoms with van der Waals surface area (Å²) in [7, 11) is 0. The molecular formula is C20H30FN5S. The van der Waals surface area contributed by atoms with Crippen LogP contribution in [0.5, 0.6) is 0 Å². The molecule has 0 saturated carbocycles. The van der Waals surface area contributed by atoms with E-state index in [4.69, 9.17) is 12.2 Å². The Bertz CT molecular complexity index is 738. The van der Waals surface area contributed by atoms with Crippen LogP contribution in [-0.2, 0) is 6.54 Å². The quantitative estimate of drug-likeness (QED) is 0.504. The number of anilines is 1. The summed E-state index contributed by atoms with van der Waals surface area (Å²) in [6.45, 7) is 13.0. The van der Waals surface area contributed by atoms with E-state index >= 15 is 0 Å². The molecule has 0 radical (unpaired) electrons. The molecule has 2 N–H and O–H groups in total. The van der Waals surface area contributed by atoms with E-state index in [1.165, 1.54) is 12.1 Å². The summed E-state index contributed by atoms with van der Waals surface area (Å²) in [6, 6.07) is 6.50. The van der Waals surface area contributed by atoms with Gasteiger partial charge in [0, 0.05) is 6.54 Å². The summed E-state index contributed by atoms with van der Waals surface area (Å²) in [5.74, 6) is -0.230. The molecule has 1 aromatic carbocycles. The fourth-order valence-corrected chi connectivity index (χ4v) is 3.20. The highest BCUT2D eigenvalue weighted by atomic mass is 32.1. The first-order valence-corrected chi connectivity index (χ1v) is 9.91. The first-order valence-electron chi connectivity index (χ1n) is 9.50. The lowest BCUT2D eigenvalue weighted by atomic mass is 10.2. The van der Waals surface area contributed by atoms with Gasteiger partial charge in [0.25, 0.3) is 0 Å². The molecule has 0 saturated heterocycles. The second kappa shape index (κ2) is 10.4. The molecule has 0 amide bonds. The normalized spacial score (nSPS) is 11.0. The summed E-state index contributed by atoms with van der Waals surface area (Å²) in [4.78, 5) is 2.39. The molecular weight excluding hydrogens is 361 g/mol. The molecule has 2 rings (SSSR count). The van der Waals surface area contributed by atoms with Gasteiger partial charge in [-0.1, -0.05) is 26.0 Å². The number of nitrogens with one attached hydrogen (secondary N) is 2. The largest absolute Gasteiger partial charge is 0.362 e. The van der Waals surface area contributed by atoms with Gasteiger partial charge in [-0.05, 0) is 69.8 Å². The lowest BCUT2D eigenvalue weighted by molar-refractivity contribution is 0.300. The molecule has 0 fully saturated rings. The topological polar surface area (TPSA) is 45.1 Å². The van der Waals surface area contributed by atoms with Crippen molar-refractivity contribution in [2.75, 3.05) is 31.5 Å². The maximum absolute atomic E-state index is 13.1. The van der Waals surface area contributed by atoms with Crippen molar-refractivity contribution in [3.8, 4) is 0 Å². The number of nitrogens with zero attached hydrogens (tertiary/aromatic N) is 3. The van der Waals surface area contributed by atoms with E-state index in [1.807, 2.05) is 18.5 Å². The first-order chi connectivity index (χ1) is 12.9. The smallest absolute Gasteiger partial charge is 0.170 e. The van der Waals surface area contributed by atoms with Gasteiger partial charge in [0.15, 0.2) is 5.11 Å². The van der Waals surface area contributed by atoms with Gasteiger partial charge < -0.3 is 15.5 Å². The van der Waals surface area contributed by atoms with Crippen LogP contribution in [0.3, 0.4) is 0 Å². The van der Waals surface area contributed by atoms with Gasteiger partial charge in [-0.15, -0.1) is 0 Å². The van der Waals surface area contributed by atoms with Gasteiger partial charge in [0.2, 0.25) is 0 Å². The Hall–Kier alpha value is -1.99. The van der Waals surface area contributed by atoms with Crippen LogP contribution in [0.2, 0.25) is 0 Å². The van der Waals surface area contributed by atoms with E-state index < -0.39 is 0 Å². The van der Waals surface area contributed by atoms with E-state index in [0.717, 1.165) is 55.2 Å². The Morgan fingerprint density at radius 3 is 2.48 bits per heavy atom. The zero-order valence-corrected chi connectivity index (χ0v) is 17.5. The van der Waals surface area contributed by atoms with Crippen molar-refractivity contribution in [2.24, 2.45) is 0 Å². The van der Waals surface area contributed by atoms with Crippen molar-refractivity contribution < 1.29 is 4.39 Å². The minimum absolute atomic E-state index is 0.230. The van der Waals surface area contributed by atoms with Crippen molar-refractivity contribution in [1.82, 2.24) is 20.0 Å². The number of rotatable bonds is 9. The average molecular weight is 392 g/mol. The summed E-state index contributed by atoms with van der Waals surface area (Å²) in [6.07, 6.45) is 1.05. The summed E-state index contributed by atoms with van der Waals surface area (Å²) < 4.78 is 15.0. The molecule has 0 aliphatic rings. The SMILES string of the molecule is CCN(CC)CCCNC(=S)Nc1c(C)nn(Cc2ccc(F)cc2)c1C. The predicted molar refractivity (Wildman–Crippen MR) is 114 cm³/mol. The van der Waals surface area contributed by atoms with Gasteiger partial charge in [0.1, 0.15) is 5.82 Å². The third-order valence-corrected chi connectivity index (χ3v) is 4.94. The van der Waals surface area contributed by atoms with Crippen molar-refractivity contribution in [2.45, 2.75) is 40.7 Å². The van der Waals surface area contributed by atoms with Gasteiger partial charge >= 0.3 is 0 Å². The fraction of sp³-hybridized carbons (Fsp3) is 0.500. The minimum Gasteiger partial charge on any atom is -0.362 e. The van der Waals surface area contributed by atoms with Crippen LogP contribution in [0.1, 0.15) is 37.2 Å². The third-order valence-electron chi connectivity index (χ3n) is 4.70. The minimum atomic E-state index is -0.230. The van der Waals surface area contributed by atoms with Crippen molar-refractivity contribution in [3.63, 3.8) is 0 Å². The maximum Gasteiger partial charge on any atom is 0.170 e. The predicted octanol–water partition coefficient (Wildman–Crippen LogP) is 3.71. The van der Waals surface area contributed by atoms with Gasteiger partial charge in [-0.2, -0.15) is 5.10 Å². The highest BCUT2D eigenvalue weighted by molar-refractivity contribution is 7.80. The molecule has 5 nitrogen and oxygen atoms in total. The lowest BCUT2D eigenvalue weighted by Gasteiger charge is -2.18. The zero-order valence-electron chi connectivity index (χ0n) is 16.7. The summed E-state index contributed by atoms with van der Waals surface area (Å²) in [5.41, 5.74) is 3.83. The summed E-state index contributed by atoms with van der Waals surface area (Å²) in [5, 5.41) is 11.7. The van der Waals surface area contributed by atoms with Crippen LogP contribution < -0.4 is 10.6 Å². The van der Waals surface area contributed by atoms with Crippen LogP contribution in [-0.4, -0.2) is 46.0 Å². The molecule has 0 unspecified atom stereocenters. The Morgan fingerprint density at radius 1 is 1.19 bits per heavy atom. The maximum atomic E-state index is 13.1. The number of benzene rings is 1. The standard InChI is InChI=1S/C20H30FN5S/c1-5-25(6-2)13-7-12-22-20(27)23-19-15(3)24-26(16(19)4)14-17-8-10-18(21)11-9-17/h8-11H,5-7,12-14H2,1-4H3,(H2,22,23,27). The molecule has 0 spiro atoms. The number of aromatic nitrogens is 2. The third kappa shape index (κ3) is 6.29. The van der Waals surface area contributed by atoms with E-state index in [2.05, 4.69) is 34.5 Å². The average Bonchev–Trinajstić information content (AvgIpc) is 2.91. The molecule has 27 heavy (non-hydrogen) atoms. The zero-order chi connectivity index (χ0) is 19.8. The van der Waals surface area contributed by atoms with Crippen LogP contribution >= 0.6 is 12.2 Å². The van der Waals surface area contributed by atoms with Crippen LogP contribution in [0.25, 0.3) is 0 Å². The molecule has 0 bridgehead atoms. The van der Waals surface area contributed by atoms with E-state index in [0.29, 0.717) is 11.7 Å². The fourth-order valence-electron chi connectivity index (χ4n) is 3.00. The monoisotopic (exact) mass is 391 g/mol. The van der Waals surface area contributed by atoms with Crippen LogP contribution in [0.15, 0.2) is 24.3 Å². The molecule has 1 heterocycles. The molecule has 148 valence electrons. The highest BCUT2D eigenvalue weighted by Gasteiger charge is 2.13. The lowest BCUT2D eigenvalue weighted by Crippen LogP contribution is -2.32. The second-order valence-electron chi connectivity index (χ2n) is 6.59. The molecule has 0 aliphatic heterocycles. The van der Waals surface area contributed by atoms with E-state index in [9.17, 15) is 4.39 Å². The Kier molecular flexibility index (Phi) is 8.19. The molecule has 0 atom stereocenters. The number of hydrogen-bond donors (Lipinski definition) is 2. The first kappa shape index (κ1) is 21.3. The highest BCUT2D eigenvalue weighted by Crippen LogP contribution is 2.20. The van der Waals surface area contributed by atoms with Crippen LogP contribution in [0, 0.1) is 19.7 Å². The molecule has 2 aromatic rings. The summed E-state index contributed by atoms with van der Waals surface area (Å²) >= 11 is 5.43. The number of hydrogen-bond acceptors (Lipinski definition) is 3. The number of aryl methyl sites for hydroxylation is 1. The van der Waals surface area contributed by atoms with E-state index in [1.54, 1.807) is 12.1 Å². The van der Waals surface area contributed by atoms with E-state index in [-0.39, 0.29) is 5.82 Å². The number of thiocarbonyl (C=S) groups is 1. The molecule has 1 aromatic heterocycles. The van der Waals surface area contributed by atoms with Crippen molar-refractivity contribution in [1.29, 1.82) is 0 Å².